The van der Waals surface area contributed by atoms with Gasteiger partial charge in [0.2, 0.25) is 0 Å². The number of fused-ring (bicyclic) bond motifs is 3. The van der Waals surface area contributed by atoms with Gasteiger partial charge in [0.15, 0.2) is 5.82 Å². The lowest BCUT2D eigenvalue weighted by molar-refractivity contribution is 0.0950. The summed E-state index contributed by atoms with van der Waals surface area (Å²) >= 11 is 1.49. The minimum atomic E-state index is -0.159. The molecule has 0 fully saturated rings. The van der Waals surface area contributed by atoms with Gasteiger partial charge in [-0.15, -0.1) is 0 Å². The van der Waals surface area contributed by atoms with Gasteiger partial charge in [-0.05, 0) is 18.2 Å². The van der Waals surface area contributed by atoms with Crippen LogP contribution in [0.15, 0.2) is 54.9 Å². The number of aromatic nitrogens is 4. The quantitative estimate of drug-likeness (QED) is 0.396. The topological polar surface area (TPSA) is 94.0 Å². The Morgan fingerprint density at radius 1 is 1.12 bits per heavy atom. The summed E-state index contributed by atoms with van der Waals surface area (Å²) in [5.41, 5.74) is 4.86. The fourth-order valence-electron chi connectivity index (χ4n) is 3.80. The summed E-state index contributed by atoms with van der Waals surface area (Å²) in [4.78, 5) is 27.7. The standard InChI is InChI=1S/C24H22N6O2S/c1-25-21-18-20(30(2)13-27-18)19-24(29-21)33-23(28-19)15-9-6-8-14(11-15)22(31)26-12-16-7-4-5-10-17(16)32-3/h4-11,13H,12H2,1-3H3,(H,25,29)(H,26,31). The number of benzene rings is 2. The van der Waals surface area contributed by atoms with Crippen LogP contribution < -0.4 is 15.4 Å². The molecule has 0 radical (unpaired) electrons. The SMILES string of the molecule is CNc1nc2sc(-c3cccc(C(=O)NCc4ccccc4OC)c3)nc2c2c1ncn2C. The number of anilines is 1. The molecule has 1 amide bonds. The molecule has 166 valence electrons. The molecule has 0 aliphatic rings. The number of thiazole rings is 1. The van der Waals surface area contributed by atoms with Crippen molar-refractivity contribution < 1.29 is 9.53 Å². The van der Waals surface area contributed by atoms with Gasteiger partial charge in [-0.1, -0.05) is 41.7 Å². The molecule has 5 aromatic rings. The molecule has 2 aromatic carbocycles. The Morgan fingerprint density at radius 3 is 2.79 bits per heavy atom. The second-order valence-electron chi connectivity index (χ2n) is 7.51. The number of ether oxygens (including phenoxy) is 1. The number of hydrogen-bond acceptors (Lipinski definition) is 7. The van der Waals surface area contributed by atoms with E-state index in [-0.39, 0.29) is 5.91 Å². The smallest absolute Gasteiger partial charge is 0.251 e. The van der Waals surface area contributed by atoms with Crippen molar-refractivity contribution in [2.45, 2.75) is 6.54 Å². The molecule has 0 aliphatic carbocycles. The Morgan fingerprint density at radius 2 is 1.97 bits per heavy atom. The van der Waals surface area contributed by atoms with Crippen molar-refractivity contribution in [3.63, 3.8) is 0 Å². The van der Waals surface area contributed by atoms with Gasteiger partial charge in [0, 0.05) is 37.3 Å². The van der Waals surface area contributed by atoms with Crippen molar-refractivity contribution in [1.82, 2.24) is 24.8 Å². The number of nitrogens with one attached hydrogen (secondary N) is 2. The summed E-state index contributed by atoms with van der Waals surface area (Å²) in [6.07, 6.45) is 1.76. The van der Waals surface area contributed by atoms with Crippen LogP contribution in [0.2, 0.25) is 0 Å². The first-order valence-electron chi connectivity index (χ1n) is 10.4. The van der Waals surface area contributed by atoms with E-state index in [1.165, 1.54) is 11.3 Å². The van der Waals surface area contributed by atoms with Crippen LogP contribution in [0.4, 0.5) is 5.82 Å². The van der Waals surface area contributed by atoms with E-state index < -0.39 is 0 Å². The number of pyridine rings is 1. The first-order chi connectivity index (χ1) is 16.1. The fraction of sp³-hybridized carbons (Fsp3) is 0.167. The number of amides is 1. The molecule has 0 unspecified atom stereocenters. The molecular formula is C24H22N6O2S. The summed E-state index contributed by atoms with van der Waals surface area (Å²) in [7, 11) is 5.40. The number of para-hydroxylation sites is 1. The Bertz CT molecular complexity index is 1490. The van der Waals surface area contributed by atoms with Crippen LogP contribution in [-0.2, 0) is 13.6 Å². The second-order valence-corrected chi connectivity index (χ2v) is 8.49. The number of carbonyl (C=O) groups is 1. The van der Waals surface area contributed by atoms with E-state index in [0.717, 1.165) is 49.1 Å². The zero-order valence-corrected chi connectivity index (χ0v) is 19.2. The van der Waals surface area contributed by atoms with Crippen molar-refractivity contribution in [2.24, 2.45) is 7.05 Å². The van der Waals surface area contributed by atoms with Gasteiger partial charge in [0.25, 0.3) is 5.91 Å². The molecule has 0 bridgehead atoms. The number of carbonyl (C=O) groups excluding carboxylic acids is 1. The molecule has 0 saturated carbocycles. The third-order valence-electron chi connectivity index (χ3n) is 5.45. The number of rotatable bonds is 6. The average molecular weight is 459 g/mol. The maximum Gasteiger partial charge on any atom is 0.251 e. The molecule has 5 rings (SSSR count). The highest BCUT2D eigenvalue weighted by atomic mass is 32.1. The number of hydrogen-bond donors (Lipinski definition) is 2. The monoisotopic (exact) mass is 458 g/mol. The lowest BCUT2D eigenvalue weighted by atomic mass is 10.1. The molecule has 8 nitrogen and oxygen atoms in total. The molecule has 0 aliphatic heterocycles. The van der Waals surface area contributed by atoms with E-state index in [1.54, 1.807) is 19.5 Å². The Kier molecular flexibility index (Phi) is 5.39. The average Bonchev–Trinajstić information content (AvgIpc) is 3.45. The Labute approximate surface area is 194 Å². The summed E-state index contributed by atoms with van der Waals surface area (Å²) < 4.78 is 7.31. The van der Waals surface area contributed by atoms with Gasteiger partial charge >= 0.3 is 0 Å². The lowest BCUT2D eigenvalue weighted by Crippen LogP contribution is -2.23. The van der Waals surface area contributed by atoms with Crippen molar-refractivity contribution >= 4 is 44.4 Å². The minimum absolute atomic E-state index is 0.159. The molecule has 0 saturated heterocycles. The highest BCUT2D eigenvalue weighted by molar-refractivity contribution is 7.21. The van der Waals surface area contributed by atoms with Gasteiger partial charge in [-0.2, -0.15) is 0 Å². The molecule has 9 heteroatoms. The fourth-order valence-corrected chi connectivity index (χ4v) is 4.74. The van der Waals surface area contributed by atoms with Crippen LogP contribution in [-0.4, -0.2) is 39.6 Å². The van der Waals surface area contributed by atoms with Crippen LogP contribution in [0.25, 0.3) is 32.0 Å². The molecule has 3 heterocycles. The molecular weight excluding hydrogens is 436 g/mol. The predicted octanol–water partition coefficient (Wildman–Crippen LogP) is 4.23. The van der Waals surface area contributed by atoms with Crippen LogP contribution in [0.1, 0.15) is 15.9 Å². The first kappa shape index (κ1) is 20.9. The third kappa shape index (κ3) is 3.76. The van der Waals surface area contributed by atoms with Gasteiger partial charge in [-0.25, -0.2) is 15.0 Å². The summed E-state index contributed by atoms with van der Waals surface area (Å²) in [6, 6.07) is 15.1. The van der Waals surface area contributed by atoms with E-state index in [1.807, 2.05) is 61.1 Å². The number of methoxy groups -OCH3 is 1. The van der Waals surface area contributed by atoms with Gasteiger partial charge in [0.05, 0.1) is 13.4 Å². The molecule has 3 aromatic heterocycles. The van der Waals surface area contributed by atoms with E-state index >= 15 is 0 Å². The zero-order valence-electron chi connectivity index (χ0n) is 18.4. The molecule has 2 N–H and O–H groups in total. The van der Waals surface area contributed by atoms with Gasteiger partial charge < -0.3 is 19.9 Å². The second kappa shape index (κ2) is 8.51. The Balaban J connectivity index is 1.46. The first-order valence-corrected chi connectivity index (χ1v) is 11.2. The number of aryl methyl sites for hydroxylation is 1. The number of imidazole rings is 1. The molecule has 0 spiro atoms. The lowest BCUT2D eigenvalue weighted by Gasteiger charge is -2.10. The van der Waals surface area contributed by atoms with Crippen LogP contribution in [0, 0.1) is 0 Å². The zero-order chi connectivity index (χ0) is 22.9. The van der Waals surface area contributed by atoms with Gasteiger partial charge in [-0.3, -0.25) is 4.79 Å². The van der Waals surface area contributed by atoms with E-state index in [0.29, 0.717) is 12.1 Å². The predicted molar refractivity (Wildman–Crippen MR) is 131 cm³/mol. The largest absolute Gasteiger partial charge is 0.496 e. The highest BCUT2D eigenvalue weighted by Gasteiger charge is 2.18. The van der Waals surface area contributed by atoms with E-state index in [4.69, 9.17) is 14.7 Å². The Hall–Kier alpha value is -3.98. The minimum Gasteiger partial charge on any atom is -0.496 e. The van der Waals surface area contributed by atoms with Crippen LogP contribution in [0.3, 0.4) is 0 Å². The van der Waals surface area contributed by atoms with Crippen molar-refractivity contribution in [3.05, 3.63) is 66.0 Å². The van der Waals surface area contributed by atoms with Crippen LogP contribution in [0.5, 0.6) is 5.75 Å². The summed E-state index contributed by atoms with van der Waals surface area (Å²) in [5, 5.41) is 6.88. The van der Waals surface area contributed by atoms with E-state index in [2.05, 4.69) is 15.6 Å². The van der Waals surface area contributed by atoms with Crippen molar-refractivity contribution in [3.8, 4) is 16.3 Å². The van der Waals surface area contributed by atoms with E-state index in [9.17, 15) is 4.79 Å². The van der Waals surface area contributed by atoms with Crippen molar-refractivity contribution in [1.29, 1.82) is 0 Å². The summed E-state index contributed by atoms with van der Waals surface area (Å²) in [5.74, 6) is 1.31. The maximum absolute atomic E-state index is 12.8. The normalized spacial score (nSPS) is 11.1. The summed E-state index contributed by atoms with van der Waals surface area (Å²) in [6.45, 7) is 0.378. The molecule has 33 heavy (non-hydrogen) atoms. The van der Waals surface area contributed by atoms with Crippen LogP contribution >= 0.6 is 11.3 Å². The highest BCUT2D eigenvalue weighted by Crippen LogP contribution is 2.35. The number of nitrogens with zero attached hydrogens (tertiary/aromatic N) is 4. The van der Waals surface area contributed by atoms with Gasteiger partial charge in [0.1, 0.15) is 32.1 Å². The van der Waals surface area contributed by atoms with Crippen molar-refractivity contribution in [2.75, 3.05) is 19.5 Å². The third-order valence-corrected chi connectivity index (χ3v) is 6.45. The molecule has 0 atom stereocenters. The maximum atomic E-state index is 12.8.